The molecular weight excluding hydrogens is 277 g/mol. The fourth-order valence-electron chi connectivity index (χ4n) is 3.18. The number of rotatable bonds is 4. The third-order valence-corrected chi connectivity index (χ3v) is 4.71. The Morgan fingerprint density at radius 2 is 1.95 bits per heavy atom. The van der Waals surface area contributed by atoms with Crippen molar-refractivity contribution >= 4 is 11.6 Å². The van der Waals surface area contributed by atoms with E-state index in [1.54, 1.807) is 19.2 Å². The molecule has 0 bridgehead atoms. The zero-order chi connectivity index (χ0) is 14.6. The van der Waals surface area contributed by atoms with Crippen molar-refractivity contribution in [3.63, 3.8) is 0 Å². The number of ether oxygens (including phenoxy) is 1. The molecule has 1 unspecified atom stereocenters. The van der Waals surface area contributed by atoms with Gasteiger partial charge in [-0.25, -0.2) is 4.39 Å². The first-order valence-electron chi connectivity index (χ1n) is 7.32. The van der Waals surface area contributed by atoms with E-state index in [1.807, 2.05) is 0 Å². The quantitative estimate of drug-likeness (QED) is 0.850. The predicted molar refractivity (Wildman–Crippen MR) is 80.5 cm³/mol. The van der Waals surface area contributed by atoms with Gasteiger partial charge in [0.2, 0.25) is 0 Å². The van der Waals surface area contributed by atoms with E-state index in [1.165, 1.54) is 18.9 Å². The lowest BCUT2D eigenvalue weighted by atomic mass is 9.83. The van der Waals surface area contributed by atoms with E-state index in [0.717, 1.165) is 25.7 Å². The van der Waals surface area contributed by atoms with Gasteiger partial charge in [-0.2, -0.15) is 0 Å². The third-order valence-electron chi connectivity index (χ3n) is 4.48. The van der Waals surface area contributed by atoms with E-state index in [-0.39, 0.29) is 17.5 Å². The van der Waals surface area contributed by atoms with Gasteiger partial charge in [0.05, 0.1) is 5.60 Å². The number of benzene rings is 1. The van der Waals surface area contributed by atoms with E-state index >= 15 is 0 Å². The Labute approximate surface area is 125 Å². The molecule has 2 nitrogen and oxygen atoms in total. The summed E-state index contributed by atoms with van der Waals surface area (Å²) in [7, 11) is 1.72. The first kappa shape index (κ1) is 15.7. The lowest BCUT2D eigenvalue weighted by molar-refractivity contribution is -0.0431. The molecule has 4 heteroatoms. The molecule has 1 aromatic rings. The Morgan fingerprint density at radius 3 is 2.55 bits per heavy atom. The van der Waals surface area contributed by atoms with Gasteiger partial charge >= 0.3 is 0 Å². The van der Waals surface area contributed by atoms with Crippen molar-refractivity contribution in [2.45, 2.75) is 56.6 Å². The van der Waals surface area contributed by atoms with Crippen LogP contribution < -0.4 is 5.73 Å². The van der Waals surface area contributed by atoms with Crippen LogP contribution >= 0.6 is 11.6 Å². The first-order valence-corrected chi connectivity index (χ1v) is 7.70. The van der Waals surface area contributed by atoms with Crippen molar-refractivity contribution in [3.05, 3.63) is 34.6 Å². The van der Waals surface area contributed by atoms with Crippen LogP contribution in [0.5, 0.6) is 0 Å². The van der Waals surface area contributed by atoms with Crippen molar-refractivity contribution in [2.75, 3.05) is 7.11 Å². The molecule has 0 radical (unpaired) electrons. The van der Waals surface area contributed by atoms with Crippen LogP contribution in [0.15, 0.2) is 18.2 Å². The number of nitrogens with two attached hydrogens (primary N) is 1. The minimum atomic E-state index is -0.328. The monoisotopic (exact) mass is 299 g/mol. The minimum Gasteiger partial charge on any atom is -0.377 e. The summed E-state index contributed by atoms with van der Waals surface area (Å²) in [5.74, 6) is -0.246. The maximum atomic E-state index is 13.9. The molecule has 1 saturated carbocycles. The van der Waals surface area contributed by atoms with Crippen molar-refractivity contribution in [1.82, 2.24) is 0 Å². The van der Waals surface area contributed by atoms with E-state index in [0.29, 0.717) is 17.0 Å². The van der Waals surface area contributed by atoms with Crippen LogP contribution in [0.3, 0.4) is 0 Å². The third kappa shape index (κ3) is 3.51. The van der Waals surface area contributed by atoms with Crippen LogP contribution in [0.1, 0.15) is 44.1 Å². The van der Waals surface area contributed by atoms with Gasteiger partial charge in [-0.1, -0.05) is 37.3 Å². The van der Waals surface area contributed by atoms with E-state index in [2.05, 4.69) is 0 Å². The normalized spacial score (nSPS) is 20.4. The molecule has 0 saturated heterocycles. The molecule has 1 fully saturated rings. The van der Waals surface area contributed by atoms with Gasteiger partial charge in [0.25, 0.3) is 0 Å². The molecule has 1 atom stereocenters. The van der Waals surface area contributed by atoms with Crippen molar-refractivity contribution in [1.29, 1.82) is 0 Å². The van der Waals surface area contributed by atoms with Crippen LogP contribution in [-0.2, 0) is 11.2 Å². The van der Waals surface area contributed by atoms with E-state index < -0.39 is 0 Å². The van der Waals surface area contributed by atoms with Crippen LogP contribution in [0.4, 0.5) is 4.39 Å². The summed E-state index contributed by atoms with van der Waals surface area (Å²) >= 11 is 5.94. The average Bonchev–Trinajstić information content (AvgIpc) is 2.69. The maximum Gasteiger partial charge on any atom is 0.126 e. The second-order valence-corrected chi connectivity index (χ2v) is 6.17. The Bertz CT molecular complexity index is 444. The molecule has 1 aromatic carbocycles. The first-order chi connectivity index (χ1) is 9.57. The minimum absolute atomic E-state index is 0.210. The topological polar surface area (TPSA) is 35.2 Å². The Morgan fingerprint density at radius 1 is 1.30 bits per heavy atom. The number of hydrogen-bond donors (Lipinski definition) is 1. The highest BCUT2D eigenvalue weighted by Crippen LogP contribution is 2.33. The van der Waals surface area contributed by atoms with E-state index in [9.17, 15) is 4.39 Å². The molecule has 20 heavy (non-hydrogen) atoms. The van der Waals surface area contributed by atoms with Gasteiger partial charge in [0.15, 0.2) is 0 Å². The van der Waals surface area contributed by atoms with Crippen molar-refractivity contribution < 1.29 is 9.13 Å². The maximum absolute atomic E-state index is 13.9. The Kier molecular flexibility index (Phi) is 5.42. The fraction of sp³-hybridized carbons (Fsp3) is 0.625. The lowest BCUT2D eigenvalue weighted by Gasteiger charge is -2.37. The molecule has 0 aromatic heterocycles. The molecule has 1 aliphatic carbocycles. The largest absolute Gasteiger partial charge is 0.377 e. The summed E-state index contributed by atoms with van der Waals surface area (Å²) in [6, 6.07) is 4.41. The standard InChI is InChI=1S/C16H23ClFNO/c1-20-16(8-4-2-3-5-9-16)15(19)11-12-10-13(17)6-7-14(12)18/h6-7,10,15H,2-5,8-9,11,19H2,1H3. The van der Waals surface area contributed by atoms with Gasteiger partial charge in [0.1, 0.15) is 5.82 Å². The van der Waals surface area contributed by atoms with Crippen LogP contribution in [0, 0.1) is 5.82 Å². The van der Waals surface area contributed by atoms with Crippen LogP contribution in [0.2, 0.25) is 5.02 Å². The summed E-state index contributed by atoms with van der Waals surface area (Å²) in [5, 5.41) is 0.543. The molecule has 112 valence electrons. The van der Waals surface area contributed by atoms with Crippen LogP contribution in [0.25, 0.3) is 0 Å². The molecule has 2 N–H and O–H groups in total. The van der Waals surface area contributed by atoms with E-state index in [4.69, 9.17) is 22.1 Å². The highest BCUT2D eigenvalue weighted by atomic mass is 35.5. The number of hydrogen-bond acceptors (Lipinski definition) is 2. The van der Waals surface area contributed by atoms with Gasteiger partial charge in [0, 0.05) is 18.2 Å². The van der Waals surface area contributed by atoms with Gasteiger partial charge < -0.3 is 10.5 Å². The molecule has 2 rings (SSSR count). The predicted octanol–water partition coefficient (Wildman–Crippen LogP) is 4.09. The second kappa shape index (κ2) is 6.88. The van der Waals surface area contributed by atoms with Gasteiger partial charge in [-0.15, -0.1) is 0 Å². The molecule has 0 amide bonds. The molecule has 0 spiro atoms. The number of methoxy groups -OCH3 is 1. The molecular formula is C16H23ClFNO. The van der Waals surface area contributed by atoms with Crippen molar-refractivity contribution in [3.8, 4) is 0 Å². The molecule has 1 aliphatic rings. The summed E-state index contributed by atoms with van der Waals surface area (Å²) in [6.07, 6.45) is 7.06. The zero-order valence-electron chi connectivity index (χ0n) is 12.0. The lowest BCUT2D eigenvalue weighted by Crippen LogP contribution is -2.50. The highest BCUT2D eigenvalue weighted by molar-refractivity contribution is 6.30. The molecule has 0 heterocycles. The fourth-order valence-corrected chi connectivity index (χ4v) is 3.37. The van der Waals surface area contributed by atoms with Gasteiger partial charge in [-0.3, -0.25) is 0 Å². The average molecular weight is 300 g/mol. The van der Waals surface area contributed by atoms with Crippen LogP contribution in [-0.4, -0.2) is 18.8 Å². The Hall–Kier alpha value is -0.640. The zero-order valence-corrected chi connectivity index (χ0v) is 12.8. The SMILES string of the molecule is COC1(C(N)Cc2cc(Cl)ccc2F)CCCCCC1. The summed E-state index contributed by atoms with van der Waals surface area (Å²) in [4.78, 5) is 0. The number of halogens is 2. The Balaban J connectivity index is 2.16. The summed E-state index contributed by atoms with van der Waals surface area (Å²) in [5.41, 5.74) is 6.63. The highest BCUT2D eigenvalue weighted by Gasteiger charge is 2.37. The smallest absolute Gasteiger partial charge is 0.126 e. The van der Waals surface area contributed by atoms with Gasteiger partial charge in [-0.05, 0) is 43.0 Å². The van der Waals surface area contributed by atoms with Crippen molar-refractivity contribution in [2.24, 2.45) is 5.73 Å². The molecule has 0 aliphatic heterocycles. The second-order valence-electron chi connectivity index (χ2n) is 5.73. The summed E-state index contributed by atoms with van der Waals surface area (Å²) in [6.45, 7) is 0. The summed E-state index contributed by atoms with van der Waals surface area (Å²) < 4.78 is 19.6.